The summed E-state index contributed by atoms with van der Waals surface area (Å²) in [6, 6.07) is 0. The van der Waals surface area contributed by atoms with Crippen molar-refractivity contribution in [3.05, 3.63) is 0 Å². The van der Waals surface area contributed by atoms with Crippen molar-refractivity contribution in [2.45, 2.75) is 142 Å². The summed E-state index contributed by atoms with van der Waals surface area (Å²) in [5.74, 6) is 0. The summed E-state index contributed by atoms with van der Waals surface area (Å²) in [6.07, 6.45) is -0.761. The van der Waals surface area contributed by atoms with Gasteiger partial charge in [-0.3, -0.25) is 4.52 Å². The summed E-state index contributed by atoms with van der Waals surface area (Å²) in [5.41, 5.74) is 0. The fourth-order valence-electron chi connectivity index (χ4n) is 3.76. The Morgan fingerprint density at radius 3 is 1.29 bits per heavy atom. The molecule has 0 heterocycles. The maximum absolute atomic E-state index is 14.1. The van der Waals surface area contributed by atoms with E-state index in [0.717, 1.165) is 0 Å². The van der Waals surface area contributed by atoms with E-state index < -0.39 is 82.1 Å². The number of hydrogen-bond acceptors (Lipinski definition) is 10. The largest absolute Gasteiger partial charge is 0.455 e. The van der Waals surface area contributed by atoms with Crippen LogP contribution in [0, 0.1) is 0 Å². The Labute approximate surface area is 264 Å². The zero-order valence-corrected chi connectivity index (χ0v) is 37.1. The minimum Gasteiger partial charge on any atom is -0.410 e. The van der Waals surface area contributed by atoms with Crippen LogP contribution in [0.15, 0.2) is 5.16 Å². The van der Waals surface area contributed by atoms with Gasteiger partial charge in [-0.1, -0.05) is 5.16 Å². The van der Waals surface area contributed by atoms with Crippen LogP contribution in [0.3, 0.4) is 0 Å². The average Bonchev–Trinajstić information content (AvgIpc) is 2.65. The minimum atomic E-state index is -3.91. The van der Waals surface area contributed by atoms with Gasteiger partial charge in [0.15, 0.2) is 49.9 Å². The molecule has 0 aromatic heterocycles. The fraction of sp³-hybridized carbons (Fsp3) is 0.960. The third kappa shape index (κ3) is 21.5. The van der Waals surface area contributed by atoms with Crippen molar-refractivity contribution < 1.29 is 40.1 Å². The van der Waals surface area contributed by atoms with Crippen molar-refractivity contribution in [3.63, 3.8) is 0 Å². The summed E-state index contributed by atoms with van der Waals surface area (Å²) in [5, 5.41) is 4.11. The van der Waals surface area contributed by atoms with Gasteiger partial charge in [0, 0.05) is 0 Å². The van der Waals surface area contributed by atoms with Gasteiger partial charge in [-0.05, 0) is 118 Å². The molecule has 4 atom stereocenters. The molecule has 0 saturated heterocycles. The monoisotopic (exact) mass is 721 g/mol. The summed E-state index contributed by atoms with van der Waals surface area (Å²) in [7, 11) is -15.7. The second-order valence-corrected chi connectivity index (χ2v) is 45.3. The van der Waals surface area contributed by atoms with E-state index in [1.54, 1.807) is 6.21 Å². The lowest BCUT2D eigenvalue weighted by atomic mass is 10.0. The van der Waals surface area contributed by atoms with Gasteiger partial charge >= 0.3 is 7.82 Å². The topological polar surface area (TPSA) is 103 Å². The van der Waals surface area contributed by atoms with Crippen LogP contribution in [0.5, 0.6) is 0 Å². The van der Waals surface area contributed by atoms with Gasteiger partial charge in [0.25, 0.3) is 0 Å². The third-order valence-electron chi connectivity index (χ3n) is 4.47. The highest BCUT2D eigenvalue weighted by atomic mass is 31.2. The molecule has 0 saturated carbocycles. The molecule has 0 N–H and O–H groups in total. The molecule has 0 bridgehead atoms. The molecule has 42 heavy (non-hydrogen) atoms. The van der Waals surface area contributed by atoms with E-state index in [-0.39, 0.29) is 6.61 Å². The van der Waals surface area contributed by atoms with E-state index in [1.165, 1.54) is 7.11 Å². The normalized spacial score (nSPS) is 17.8. The van der Waals surface area contributed by atoms with Crippen molar-refractivity contribution in [2.75, 3.05) is 13.7 Å². The molecule has 0 aliphatic carbocycles. The lowest BCUT2D eigenvalue weighted by molar-refractivity contribution is -0.0742. The fourth-order valence-corrected chi connectivity index (χ4v) is 14.7. The first kappa shape index (κ1) is 42.7. The van der Waals surface area contributed by atoms with Crippen LogP contribution in [0.1, 0.15) is 0 Å². The van der Waals surface area contributed by atoms with Crippen LogP contribution in [0.25, 0.3) is 0 Å². The highest BCUT2D eigenvalue weighted by molar-refractivity contribution is 7.52. The Bertz CT molecular complexity index is 868. The zero-order chi connectivity index (χ0) is 33.6. The van der Waals surface area contributed by atoms with E-state index in [9.17, 15) is 4.57 Å². The van der Waals surface area contributed by atoms with Crippen LogP contribution >= 0.6 is 7.82 Å². The van der Waals surface area contributed by atoms with Gasteiger partial charge in [0.1, 0.15) is 19.3 Å². The summed E-state index contributed by atoms with van der Waals surface area (Å²) in [6.45, 7) is 37.2. The first-order chi connectivity index (χ1) is 18.3. The lowest BCUT2D eigenvalue weighted by Gasteiger charge is -2.44. The Hall–Kier alpha value is 0.721. The molecule has 0 aromatic rings. The molecule has 10 nitrogen and oxygen atoms in total. The van der Waals surface area contributed by atoms with E-state index >= 15 is 0 Å². The molecule has 0 aromatic carbocycles. The molecule has 0 unspecified atom stereocenters. The maximum atomic E-state index is 14.1. The lowest BCUT2D eigenvalue weighted by Crippen LogP contribution is -2.59. The van der Waals surface area contributed by atoms with Gasteiger partial charge in [-0.25, -0.2) is 4.57 Å². The predicted molar refractivity (Wildman–Crippen MR) is 191 cm³/mol. The van der Waals surface area contributed by atoms with Crippen LogP contribution in [0.2, 0.25) is 118 Å². The molecule has 0 aliphatic heterocycles. The minimum absolute atomic E-state index is 0.0572. The second kappa shape index (κ2) is 16.0. The predicted octanol–water partition coefficient (Wildman–Crippen LogP) is 8.33. The summed E-state index contributed by atoms with van der Waals surface area (Å²) in [4.78, 5) is 5.09. The number of nitrogens with zero attached hydrogens (tertiary/aromatic N) is 1. The van der Waals surface area contributed by atoms with E-state index in [4.69, 9.17) is 35.5 Å². The second-order valence-electron chi connectivity index (χ2n) is 16.4. The summed E-state index contributed by atoms with van der Waals surface area (Å²) < 4.78 is 59.8. The van der Waals surface area contributed by atoms with Crippen molar-refractivity contribution in [1.82, 2.24) is 0 Å². The Balaban J connectivity index is 7.13. The molecule has 0 radical (unpaired) electrons. The van der Waals surface area contributed by atoms with E-state index in [2.05, 4.69) is 83.7 Å². The van der Waals surface area contributed by atoms with Gasteiger partial charge in [-0.2, -0.15) is 0 Å². The number of hydrogen-bond donors (Lipinski definition) is 0. The molecular weight excluding hydrogens is 658 g/mol. The molecule has 252 valence electrons. The quantitative estimate of drug-likeness (QED) is 0.0531. The first-order valence-electron chi connectivity index (χ1n) is 14.8. The van der Waals surface area contributed by atoms with Crippen molar-refractivity contribution in [1.29, 1.82) is 0 Å². The molecule has 0 amide bonds. The van der Waals surface area contributed by atoms with Crippen LogP contribution in [0.4, 0.5) is 0 Å². The van der Waals surface area contributed by atoms with Crippen molar-refractivity contribution in [3.8, 4) is 0 Å². The average molecular weight is 722 g/mol. The SMILES string of the molecule is CO/N=C/[C@H](O[Si](C)(C)C)[C@@H](O[Si](C)(C)C)[C@H](O[Si](C)(C)C)[C@@H](COP(=O)(O[Si](C)(C)C)O[Si](C)(C)C)O[Si](C)(C)C. The van der Waals surface area contributed by atoms with Gasteiger partial charge in [0.05, 0.1) is 25.0 Å². The van der Waals surface area contributed by atoms with Crippen LogP contribution in [-0.2, 0) is 40.1 Å². The standard InChI is InChI=1S/C25H64NO9PSi6/c1-28-26-20-22(30-37(2,3)4)24(32-39(8,9)10)25(33-40(11,12)13)23(31-38(5,6)7)21-29-36(27,34-41(14,15)16)35-42(17,18)19/h20,22-25H,21H2,1-19H3/b26-20+/t22-,23+,24+,25+/m0/s1. The smallest absolute Gasteiger partial charge is 0.410 e. The number of phosphoric acid groups is 1. The van der Waals surface area contributed by atoms with Gasteiger partial charge in [0.2, 0.25) is 0 Å². The number of oxime groups is 1. The van der Waals surface area contributed by atoms with Crippen LogP contribution in [-0.4, -0.2) is 94.3 Å². The highest BCUT2D eigenvalue weighted by Crippen LogP contribution is 2.54. The van der Waals surface area contributed by atoms with E-state index in [1.807, 2.05) is 39.3 Å². The van der Waals surface area contributed by atoms with Gasteiger partial charge < -0.3 is 31.0 Å². The van der Waals surface area contributed by atoms with E-state index in [0.29, 0.717) is 0 Å². The Morgan fingerprint density at radius 1 is 0.571 bits per heavy atom. The third-order valence-corrected chi connectivity index (χ3v) is 15.1. The Morgan fingerprint density at radius 2 is 0.952 bits per heavy atom. The first-order valence-corrected chi connectivity index (χ1v) is 36.7. The van der Waals surface area contributed by atoms with Crippen molar-refractivity contribution >= 4 is 63.9 Å². The Kier molecular flexibility index (Phi) is 16.3. The molecule has 0 fully saturated rings. The molecule has 17 heteroatoms. The van der Waals surface area contributed by atoms with Crippen LogP contribution < -0.4 is 0 Å². The molecule has 0 spiro atoms. The van der Waals surface area contributed by atoms with Crippen molar-refractivity contribution in [2.24, 2.45) is 5.16 Å². The molecule has 0 aliphatic rings. The molecular formula is C25H64NO9PSi6. The number of rotatable bonds is 20. The zero-order valence-electron chi connectivity index (χ0n) is 30.2. The molecule has 0 rings (SSSR count). The summed E-state index contributed by atoms with van der Waals surface area (Å²) >= 11 is 0. The maximum Gasteiger partial charge on any atom is 0.455 e. The van der Waals surface area contributed by atoms with Gasteiger partial charge in [-0.15, -0.1) is 0 Å². The highest BCUT2D eigenvalue weighted by Gasteiger charge is 2.46.